The summed E-state index contributed by atoms with van der Waals surface area (Å²) in [6.45, 7) is 6.32. The molecule has 8 nitrogen and oxygen atoms in total. The fourth-order valence-electron chi connectivity index (χ4n) is 4.24. The zero-order valence-electron chi connectivity index (χ0n) is 21.3. The molecule has 0 spiro atoms. The number of carbonyl (C=O) groups is 2. The number of hydrogen-bond donors (Lipinski definition) is 0. The number of hydrogen-bond acceptors (Lipinski definition) is 6. The summed E-state index contributed by atoms with van der Waals surface area (Å²) in [6.07, 6.45) is 3.55. The molecule has 4 rings (SSSR count). The fourth-order valence-corrected chi connectivity index (χ4v) is 4.24. The molecule has 188 valence electrons. The molecule has 0 bridgehead atoms. The van der Waals surface area contributed by atoms with Crippen molar-refractivity contribution in [1.29, 1.82) is 5.26 Å². The van der Waals surface area contributed by atoms with Crippen LogP contribution >= 0.6 is 0 Å². The van der Waals surface area contributed by atoms with Gasteiger partial charge in [-0.05, 0) is 68.3 Å². The van der Waals surface area contributed by atoms with E-state index in [1.54, 1.807) is 17.7 Å². The summed E-state index contributed by atoms with van der Waals surface area (Å²) in [4.78, 5) is 27.3. The zero-order chi connectivity index (χ0) is 26.5. The second-order valence-corrected chi connectivity index (χ2v) is 8.55. The number of imide groups is 1. The lowest BCUT2D eigenvalue weighted by Crippen LogP contribution is -2.44. The molecule has 3 aromatic rings. The number of aromatic nitrogens is 2. The number of benzene rings is 2. The van der Waals surface area contributed by atoms with Gasteiger partial charge in [-0.2, -0.15) is 10.4 Å². The Hall–Kier alpha value is -4.48. The Morgan fingerprint density at radius 3 is 2.49 bits per heavy atom. The SMILES string of the molecule is CCOc1ccc(-c2nn(-c3ccccc3)cc2/C=C2/C(=O)N(CCOC)C(=O)C(C#N)=C2C)c(C)c1. The van der Waals surface area contributed by atoms with Crippen molar-refractivity contribution in [2.24, 2.45) is 0 Å². The van der Waals surface area contributed by atoms with Crippen molar-refractivity contribution >= 4 is 17.9 Å². The van der Waals surface area contributed by atoms with Gasteiger partial charge in [0.15, 0.2) is 0 Å². The molecule has 2 heterocycles. The lowest BCUT2D eigenvalue weighted by Gasteiger charge is -2.27. The first-order chi connectivity index (χ1) is 17.9. The van der Waals surface area contributed by atoms with Gasteiger partial charge in [0.25, 0.3) is 11.8 Å². The molecule has 1 aromatic heterocycles. The summed E-state index contributed by atoms with van der Waals surface area (Å²) >= 11 is 0. The average molecular weight is 497 g/mol. The van der Waals surface area contributed by atoms with Crippen LogP contribution in [0.2, 0.25) is 0 Å². The molecule has 0 N–H and O–H groups in total. The lowest BCUT2D eigenvalue weighted by atomic mass is 9.93. The minimum absolute atomic E-state index is 0.0537. The summed E-state index contributed by atoms with van der Waals surface area (Å²) in [5.74, 6) is -0.319. The van der Waals surface area contributed by atoms with Crippen LogP contribution < -0.4 is 4.74 Å². The van der Waals surface area contributed by atoms with Gasteiger partial charge < -0.3 is 9.47 Å². The van der Waals surface area contributed by atoms with Crippen LogP contribution in [0.25, 0.3) is 23.0 Å². The van der Waals surface area contributed by atoms with Gasteiger partial charge in [0, 0.05) is 30.0 Å². The standard InChI is InChI=1S/C29H28N4O4/c1-5-37-23-11-12-24(19(2)15-23)27-21(18-33(31-27)22-9-7-6-8-10-22)16-25-20(3)26(17-30)29(35)32(28(25)34)13-14-36-4/h6-12,15-16,18H,5,13-14H2,1-4H3/b25-16+. The van der Waals surface area contributed by atoms with Crippen molar-refractivity contribution in [1.82, 2.24) is 14.7 Å². The summed E-state index contributed by atoms with van der Waals surface area (Å²) < 4.78 is 12.5. The summed E-state index contributed by atoms with van der Waals surface area (Å²) in [6, 6.07) is 17.4. The maximum atomic E-state index is 13.4. The number of ether oxygens (including phenoxy) is 2. The molecular formula is C29H28N4O4. The van der Waals surface area contributed by atoms with Crippen LogP contribution in [-0.4, -0.2) is 53.4 Å². The van der Waals surface area contributed by atoms with Gasteiger partial charge in [-0.3, -0.25) is 14.5 Å². The van der Waals surface area contributed by atoms with Crippen molar-refractivity contribution < 1.29 is 19.1 Å². The number of para-hydroxylation sites is 1. The minimum Gasteiger partial charge on any atom is -0.494 e. The van der Waals surface area contributed by atoms with Crippen LogP contribution in [-0.2, 0) is 14.3 Å². The third-order valence-corrected chi connectivity index (χ3v) is 6.17. The Balaban J connectivity index is 1.90. The van der Waals surface area contributed by atoms with Gasteiger partial charge in [0.1, 0.15) is 23.1 Å². The van der Waals surface area contributed by atoms with Crippen LogP contribution in [0.5, 0.6) is 5.75 Å². The van der Waals surface area contributed by atoms with E-state index in [2.05, 4.69) is 0 Å². The number of carbonyl (C=O) groups excluding carboxylic acids is 2. The van der Waals surface area contributed by atoms with Gasteiger partial charge >= 0.3 is 0 Å². The van der Waals surface area contributed by atoms with Crippen molar-refractivity contribution in [3.63, 3.8) is 0 Å². The molecule has 0 saturated carbocycles. The van der Waals surface area contributed by atoms with Gasteiger partial charge in [-0.15, -0.1) is 0 Å². The molecule has 8 heteroatoms. The van der Waals surface area contributed by atoms with E-state index < -0.39 is 11.8 Å². The molecule has 0 unspecified atom stereocenters. The van der Waals surface area contributed by atoms with Crippen LogP contribution in [0.3, 0.4) is 0 Å². The molecule has 1 aliphatic rings. The van der Waals surface area contributed by atoms with Crippen molar-refractivity contribution in [2.75, 3.05) is 26.9 Å². The van der Waals surface area contributed by atoms with Gasteiger partial charge in [0.05, 0.1) is 25.4 Å². The topological polar surface area (TPSA) is 97.4 Å². The number of rotatable bonds is 8. The van der Waals surface area contributed by atoms with Crippen molar-refractivity contribution in [2.45, 2.75) is 20.8 Å². The molecule has 0 atom stereocenters. The Labute approximate surface area is 216 Å². The van der Waals surface area contributed by atoms with Crippen LogP contribution in [0.1, 0.15) is 25.0 Å². The highest BCUT2D eigenvalue weighted by Gasteiger charge is 2.35. The van der Waals surface area contributed by atoms with E-state index in [4.69, 9.17) is 14.6 Å². The number of nitriles is 1. The third kappa shape index (κ3) is 5.08. The van der Waals surface area contributed by atoms with E-state index in [9.17, 15) is 14.9 Å². The molecular weight excluding hydrogens is 468 g/mol. The highest BCUT2D eigenvalue weighted by atomic mass is 16.5. The molecule has 0 aliphatic carbocycles. The predicted molar refractivity (Wildman–Crippen MR) is 140 cm³/mol. The van der Waals surface area contributed by atoms with Crippen LogP contribution in [0.4, 0.5) is 0 Å². The lowest BCUT2D eigenvalue weighted by molar-refractivity contribution is -0.141. The largest absolute Gasteiger partial charge is 0.494 e. The summed E-state index contributed by atoms with van der Waals surface area (Å²) in [7, 11) is 1.49. The summed E-state index contributed by atoms with van der Waals surface area (Å²) in [5.41, 5.74) is 4.58. The molecule has 0 saturated heterocycles. The molecule has 0 fully saturated rings. The van der Waals surface area contributed by atoms with E-state index in [0.29, 0.717) is 23.4 Å². The highest BCUT2D eigenvalue weighted by Crippen LogP contribution is 2.33. The molecule has 2 amide bonds. The first-order valence-electron chi connectivity index (χ1n) is 12.0. The van der Waals surface area contributed by atoms with E-state index >= 15 is 0 Å². The quantitative estimate of drug-likeness (QED) is 0.337. The Kier molecular flexibility index (Phi) is 7.66. The van der Waals surface area contributed by atoms with Gasteiger partial charge in [-0.1, -0.05) is 18.2 Å². The second kappa shape index (κ2) is 11.1. The van der Waals surface area contributed by atoms with E-state index in [-0.39, 0.29) is 24.3 Å². The minimum atomic E-state index is -0.609. The van der Waals surface area contributed by atoms with Gasteiger partial charge in [0.2, 0.25) is 0 Å². The Morgan fingerprint density at radius 2 is 1.84 bits per heavy atom. The first-order valence-corrected chi connectivity index (χ1v) is 12.0. The molecule has 0 radical (unpaired) electrons. The first kappa shape index (κ1) is 25.6. The number of aryl methyl sites for hydroxylation is 1. The zero-order valence-corrected chi connectivity index (χ0v) is 21.3. The normalized spacial score (nSPS) is 14.9. The number of amides is 2. The monoisotopic (exact) mass is 496 g/mol. The second-order valence-electron chi connectivity index (χ2n) is 8.55. The van der Waals surface area contributed by atoms with E-state index in [1.165, 1.54) is 7.11 Å². The number of methoxy groups -OCH3 is 1. The van der Waals surface area contributed by atoms with Crippen molar-refractivity contribution in [3.8, 4) is 28.8 Å². The predicted octanol–water partition coefficient (Wildman–Crippen LogP) is 4.49. The summed E-state index contributed by atoms with van der Waals surface area (Å²) in [5, 5.41) is 14.5. The molecule has 1 aliphatic heterocycles. The third-order valence-electron chi connectivity index (χ3n) is 6.17. The number of nitrogens with zero attached hydrogens (tertiary/aromatic N) is 4. The van der Waals surface area contributed by atoms with Crippen LogP contribution in [0.15, 0.2) is 71.4 Å². The fraction of sp³-hybridized carbons (Fsp3) is 0.241. The smallest absolute Gasteiger partial charge is 0.271 e. The maximum absolute atomic E-state index is 13.4. The Morgan fingerprint density at radius 1 is 1.08 bits per heavy atom. The van der Waals surface area contributed by atoms with Crippen LogP contribution in [0, 0.1) is 18.3 Å². The Bertz CT molecular complexity index is 1440. The highest BCUT2D eigenvalue weighted by molar-refractivity contribution is 6.19. The maximum Gasteiger partial charge on any atom is 0.271 e. The van der Waals surface area contributed by atoms with E-state index in [0.717, 1.165) is 27.5 Å². The molecule has 37 heavy (non-hydrogen) atoms. The van der Waals surface area contributed by atoms with Crippen molar-refractivity contribution in [3.05, 3.63) is 82.6 Å². The van der Waals surface area contributed by atoms with E-state index in [1.807, 2.05) is 74.6 Å². The molecule has 2 aromatic carbocycles. The van der Waals surface area contributed by atoms with Gasteiger partial charge in [-0.25, -0.2) is 4.68 Å². The average Bonchev–Trinajstić information content (AvgIpc) is 3.31.